The van der Waals surface area contributed by atoms with E-state index in [1.165, 1.54) is 56.6 Å². The molecule has 0 atom stereocenters. The Hall–Kier alpha value is -4.98. The molecule has 0 radical (unpaired) electrons. The molecule has 346 valence electrons. The molecule has 0 aliphatic heterocycles. The van der Waals surface area contributed by atoms with Crippen molar-refractivity contribution < 1.29 is 27.0 Å². The van der Waals surface area contributed by atoms with Crippen molar-refractivity contribution in [2.45, 2.75) is 40.0 Å². The van der Waals surface area contributed by atoms with Crippen molar-refractivity contribution >= 4 is 73.2 Å². The minimum atomic E-state index is -1.14. The van der Waals surface area contributed by atoms with Crippen LogP contribution in [0, 0.1) is 0 Å². The molecule has 4 N–H and O–H groups in total. The summed E-state index contributed by atoms with van der Waals surface area (Å²) < 4.78 is 0. The van der Waals surface area contributed by atoms with Crippen molar-refractivity contribution in [2.24, 2.45) is 11.7 Å². The normalized spacial score (nSPS) is 10.3. The summed E-state index contributed by atoms with van der Waals surface area (Å²) in [5, 5.41) is 17.6. The molecule has 0 saturated carbocycles. The molecular weight excluding hydrogens is 916 g/mol. The van der Waals surface area contributed by atoms with Gasteiger partial charge in [-0.25, -0.2) is 5.46 Å². The smallest absolute Gasteiger partial charge is 0.550 e. The van der Waals surface area contributed by atoms with E-state index in [4.69, 9.17) is 9.90 Å². The maximum absolute atomic E-state index is 8.89. The van der Waals surface area contributed by atoms with Gasteiger partial charge in [0.05, 0.1) is 0 Å². The third-order valence-electron chi connectivity index (χ3n) is 10.9. The third kappa shape index (κ3) is 19.6. The quantitative estimate of drug-likeness (QED) is 0.0464. The number of nitrogens with two attached hydrogens (primary N) is 2. The number of carbonyl (C=O) groups excluding carboxylic acids is 1. The molecule has 0 bridgehead atoms. The third-order valence-corrected chi connectivity index (χ3v) is 19.6. The van der Waals surface area contributed by atoms with Crippen LogP contribution in [0.4, 0.5) is 0 Å². The van der Waals surface area contributed by atoms with E-state index < -0.39 is 35.9 Å². The Morgan fingerprint density at radius 1 is 0.388 bits per heavy atom. The molecule has 4 nitrogen and oxygen atoms in total. The van der Waals surface area contributed by atoms with Crippen LogP contribution in [0.15, 0.2) is 249 Å². The van der Waals surface area contributed by atoms with E-state index >= 15 is 0 Å². The molecule has 0 aromatic heterocycles. The van der Waals surface area contributed by atoms with Gasteiger partial charge in [0, 0.05) is 12.1 Å². The second-order valence-electron chi connectivity index (χ2n) is 15.7. The molecule has 8 aromatic carbocycles. The minimum absolute atomic E-state index is 0. The van der Waals surface area contributed by atoms with E-state index in [1.54, 1.807) is 0 Å². The number of carbonyl (C=O) groups is 1. The number of benzene rings is 8. The summed E-state index contributed by atoms with van der Waals surface area (Å²) in [7, 11) is -1.95. The van der Waals surface area contributed by atoms with Gasteiger partial charge in [0.15, 0.2) is 0 Å². The van der Waals surface area contributed by atoms with Crippen LogP contribution in [0.2, 0.25) is 0 Å². The summed E-state index contributed by atoms with van der Waals surface area (Å²) in [5.74, 6) is 6.92. The minimum Gasteiger partial charge on any atom is -0.550 e. The molecule has 0 amide bonds. The Kier molecular flexibility index (Phi) is 28.2. The van der Waals surface area contributed by atoms with Crippen LogP contribution < -0.4 is 54.1 Å². The number of carboxylic acid groups (broad SMARTS) is 1. The Labute approximate surface area is 416 Å². The van der Waals surface area contributed by atoms with Crippen LogP contribution in [0.3, 0.4) is 0 Å². The summed E-state index contributed by atoms with van der Waals surface area (Å²) in [6.07, 6.45) is 2.94. The van der Waals surface area contributed by atoms with E-state index in [-0.39, 0.29) is 17.1 Å². The Bertz CT molecular complexity index is 2060. The van der Waals surface area contributed by atoms with Crippen molar-refractivity contribution in [1.82, 2.24) is 0 Å². The zero-order chi connectivity index (χ0) is 47.1. The van der Waals surface area contributed by atoms with Crippen LogP contribution in [-0.4, -0.2) is 30.3 Å². The van der Waals surface area contributed by atoms with E-state index in [2.05, 4.69) is 238 Å². The molecule has 0 heterocycles. The average Bonchev–Trinajstić information content (AvgIpc) is 3.39. The molecule has 8 aromatic rings. The van der Waals surface area contributed by atoms with Crippen molar-refractivity contribution in [3.63, 3.8) is 0 Å². The van der Waals surface area contributed by atoms with Gasteiger partial charge in [0.2, 0.25) is 0 Å². The monoisotopic (exact) mass is 982 g/mol. The number of hydrazine groups is 1. The second kappa shape index (κ2) is 33.5. The van der Waals surface area contributed by atoms with Crippen molar-refractivity contribution in [3.05, 3.63) is 249 Å². The zero-order valence-electron chi connectivity index (χ0n) is 39.2. The number of carboxylic acids is 1. The first-order valence-electron chi connectivity index (χ1n) is 22.8. The summed E-state index contributed by atoms with van der Waals surface area (Å²) in [4.78, 5) is 8.89. The number of unbranched alkanes of at least 4 members (excludes halogenated alkanes) is 2. The van der Waals surface area contributed by atoms with Crippen LogP contribution in [0.5, 0.6) is 0 Å². The van der Waals surface area contributed by atoms with Gasteiger partial charge in [0.25, 0.3) is 0 Å². The fourth-order valence-electron chi connectivity index (χ4n) is 7.86. The Morgan fingerprint density at radius 3 is 0.716 bits per heavy atom. The molecule has 0 fully saturated rings. The first kappa shape index (κ1) is 56.3. The standard InChI is InChI=1S/C45H41BP3.C6H6.C5H12.C2H4O2.Fe.H4N2/c1-8-22-39(23-9-1)46(36-47(40-24-10-2-11-25-40)41-26-12-3-13-27-41,37-48(42-28-14-4-15-29-42)43-30-16-5-17-31-43)38-49(44-32-18-6-19-33-44)45-34-20-7-21-35-45;1-2-4-6-5-3-1;1-3-5-4-2;1-2(3)4;;1-2/h1-35H,36-38H2;1-6H;3-5H2,1-2H3;1H3,(H,3,4);;1-2H2/q-1;;;;+2;/p-1. The van der Waals surface area contributed by atoms with Crippen molar-refractivity contribution in [3.8, 4) is 0 Å². The van der Waals surface area contributed by atoms with E-state index in [1.807, 2.05) is 36.4 Å². The van der Waals surface area contributed by atoms with E-state index in [0.717, 1.165) is 25.1 Å². The zero-order valence-corrected chi connectivity index (χ0v) is 42.9. The van der Waals surface area contributed by atoms with Gasteiger partial charge in [-0.1, -0.05) is 306 Å². The summed E-state index contributed by atoms with van der Waals surface area (Å²) in [6, 6.07) is 95.2. The van der Waals surface area contributed by atoms with Gasteiger partial charge < -0.3 is 9.90 Å². The predicted octanol–water partition coefficient (Wildman–Crippen LogP) is 9.81. The SMILES string of the molecule is CC(=O)[O-].CCCCC.NN.[Fe+2].c1ccc(P(C[B-](CP(c2ccccc2)c2ccccc2)(CP(c2ccccc2)c2ccccc2)c2ccccc2)c2ccccc2)cc1.c1ccccc1. The van der Waals surface area contributed by atoms with Gasteiger partial charge in [-0.05, 0) is 38.8 Å². The van der Waals surface area contributed by atoms with Gasteiger partial charge in [-0.2, -0.15) is 0 Å². The fraction of sp³-hybridized carbons (Fsp3) is 0.155. The second-order valence-corrected chi connectivity index (χ2v) is 22.5. The summed E-state index contributed by atoms with van der Waals surface area (Å²) in [6.45, 7) is 5.40. The van der Waals surface area contributed by atoms with E-state index in [0.29, 0.717) is 0 Å². The van der Waals surface area contributed by atoms with Crippen LogP contribution >= 0.6 is 23.8 Å². The summed E-state index contributed by atoms with van der Waals surface area (Å²) >= 11 is 0. The summed E-state index contributed by atoms with van der Waals surface area (Å²) in [5.41, 5.74) is 1.51. The topological polar surface area (TPSA) is 92.2 Å². The molecule has 8 rings (SSSR count). The van der Waals surface area contributed by atoms with Crippen LogP contribution in [0.25, 0.3) is 0 Å². The van der Waals surface area contributed by atoms with Crippen LogP contribution in [-0.2, 0) is 21.9 Å². The predicted molar refractivity (Wildman–Crippen MR) is 294 cm³/mol. The Balaban J connectivity index is 0.000000566. The van der Waals surface area contributed by atoms with Crippen molar-refractivity contribution in [2.75, 3.05) is 18.2 Å². The van der Waals surface area contributed by atoms with Crippen molar-refractivity contribution in [1.29, 1.82) is 0 Å². The van der Waals surface area contributed by atoms with Gasteiger partial charge in [-0.3, -0.25) is 11.7 Å². The van der Waals surface area contributed by atoms with Gasteiger partial charge in [-0.15, -0.1) is 18.2 Å². The molecule has 67 heavy (non-hydrogen) atoms. The number of hydrogen-bond acceptors (Lipinski definition) is 4. The van der Waals surface area contributed by atoms with Gasteiger partial charge in [0.1, 0.15) is 0 Å². The average molecular weight is 983 g/mol. The molecule has 0 aliphatic carbocycles. The molecule has 0 spiro atoms. The van der Waals surface area contributed by atoms with Crippen LogP contribution in [0.1, 0.15) is 40.0 Å². The Morgan fingerprint density at radius 2 is 0.552 bits per heavy atom. The molecule has 0 aliphatic rings. The van der Waals surface area contributed by atoms with E-state index in [9.17, 15) is 0 Å². The maximum atomic E-state index is 8.89. The number of rotatable bonds is 15. The fourth-order valence-corrected chi connectivity index (χ4v) is 17.3. The maximum Gasteiger partial charge on any atom is 2.00 e. The first-order valence-corrected chi connectivity index (χ1v) is 27.4. The molecule has 9 heteroatoms. The molecule has 0 saturated heterocycles. The largest absolute Gasteiger partial charge is 2.00 e. The first-order chi connectivity index (χ1) is 32.4. The molecule has 0 unspecified atom stereocenters. The number of hydrogen-bond donors (Lipinski definition) is 2. The van der Waals surface area contributed by atoms with Gasteiger partial charge >= 0.3 is 17.1 Å². The number of aliphatic carboxylic acids is 1. The molecular formula is C58H66BFeN2O2P3.